The first-order valence-electron chi connectivity index (χ1n) is 8.33. The Morgan fingerprint density at radius 2 is 1.78 bits per heavy atom. The van der Waals surface area contributed by atoms with Gasteiger partial charge in [-0.2, -0.15) is 0 Å². The topological polar surface area (TPSA) is 61.4 Å². The van der Waals surface area contributed by atoms with Gasteiger partial charge in [0.2, 0.25) is 0 Å². The fourth-order valence-electron chi connectivity index (χ4n) is 2.31. The molecule has 2 amide bonds. The lowest BCUT2D eigenvalue weighted by Crippen LogP contribution is -2.36. The zero-order chi connectivity index (χ0) is 17.4. The van der Waals surface area contributed by atoms with Crippen molar-refractivity contribution in [3.8, 4) is 0 Å². The maximum Gasteiger partial charge on any atom is 0.313 e. The molecule has 0 aliphatic carbocycles. The average Bonchev–Trinajstić information content (AvgIpc) is 2.50. The van der Waals surface area contributed by atoms with Crippen LogP contribution in [0.5, 0.6) is 0 Å². The highest BCUT2D eigenvalue weighted by Crippen LogP contribution is 2.22. The van der Waals surface area contributed by atoms with Gasteiger partial charge in [-0.15, -0.1) is 0 Å². The van der Waals surface area contributed by atoms with E-state index in [0.717, 1.165) is 30.8 Å². The van der Waals surface area contributed by atoms with Gasteiger partial charge in [0.05, 0.1) is 0 Å². The van der Waals surface area contributed by atoms with E-state index in [1.54, 1.807) is 0 Å². The second-order valence-corrected chi connectivity index (χ2v) is 6.06. The predicted octanol–water partition coefficient (Wildman–Crippen LogP) is 2.94. The third-order valence-electron chi connectivity index (χ3n) is 3.80. The Morgan fingerprint density at radius 3 is 2.30 bits per heavy atom. The first-order valence-corrected chi connectivity index (χ1v) is 8.33. The molecule has 5 nitrogen and oxygen atoms in total. The summed E-state index contributed by atoms with van der Waals surface area (Å²) in [6, 6.07) is 5.84. The number of hydrogen-bond acceptors (Lipinski definition) is 3. The van der Waals surface area contributed by atoms with Crippen molar-refractivity contribution in [3.05, 3.63) is 23.8 Å². The molecule has 2 N–H and O–H groups in total. The second kappa shape index (κ2) is 9.18. The van der Waals surface area contributed by atoms with Crippen LogP contribution in [-0.2, 0) is 9.59 Å². The normalized spacial score (nSPS) is 10.5. The highest BCUT2D eigenvalue weighted by molar-refractivity contribution is 6.39. The van der Waals surface area contributed by atoms with Gasteiger partial charge in [-0.1, -0.05) is 13.8 Å². The Balaban J connectivity index is 2.66. The molecule has 0 radical (unpaired) electrons. The van der Waals surface area contributed by atoms with Crippen LogP contribution in [0.3, 0.4) is 0 Å². The van der Waals surface area contributed by atoms with Crippen LogP contribution in [0.15, 0.2) is 18.2 Å². The van der Waals surface area contributed by atoms with Crippen molar-refractivity contribution < 1.29 is 9.59 Å². The van der Waals surface area contributed by atoms with Crippen LogP contribution in [0.25, 0.3) is 0 Å². The number of nitrogens with one attached hydrogen (secondary N) is 2. The van der Waals surface area contributed by atoms with Crippen LogP contribution >= 0.6 is 0 Å². The molecule has 0 saturated heterocycles. The Kier molecular flexibility index (Phi) is 7.59. The summed E-state index contributed by atoms with van der Waals surface area (Å²) >= 11 is 0. The van der Waals surface area contributed by atoms with E-state index >= 15 is 0 Å². The van der Waals surface area contributed by atoms with Gasteiger partial charge in [0.25, 0.3) is 0 Å². The van der Waals surface area contributed by atoms with Gasteiger partial charge >= 0.3 is 11.8 Å². The standard InChI is InChI=1S/C18H29N3O2/c1-6-21(7-2)15-8-9-16(14(5)12-15)20-18(23)17(22)19-11-10-13(3)4/h8-9,12-13H,6-7,10-11H2,1-5H3,(H,19,22)(H,20,23). The van der Waals surface area contributed by atoms with Crippen molar-refractivity contribution in [1.82, 2.24) is 5.32 Å². The van der Waals surface area contributed by atoms with E-state index in [1.807, 2.05) is 25.1 Å². The third-order valence-corrected chi connectivity index (χ3v) is 3.80. The lowest BCUT2D eigenvalue weighted by atomic mass is 10.1. The third kappa shape index (κ3) is 5.93. The highest BCUT2D eigenvalue weighted by Gasteiger charge is 2.14. The smallest absolute Gasteiger partial charge is 0.313 e. The van der Waals surface area contributed by atoms with E-state index in [4.69, 9.17) is 0 Å². The number of nitrogens with zero attached hydrogens (tertiary/aromatic N) is 1. The fourth-order valence-corrected chi connectivity index (χ4v) is 2.31. The molecule has 23 heavy (non-hydrogen) atoms. The van der Waals surface area contributed by atoms with Crippen LogP contribution in [0.2, 0.25) is 0 Å². The van der Waals surface area contributed by atoms with Crippen molar-refractivity contribution in [2.24, 2.45) is 5.92 Å². The number of rotatable bonds is 7. The van der Waals surface area contributed by atoms with Crippen molar-refractivity contribution in [2.45, 2.75) is 41.0 Å². The van der Waals surface area contributed by atoms with E-state index in [2.05, 4.69) is 43.2 Å². The molecular weight excluding hydrogens is 290 g/mol. The van der Waals surface area contributed by atoms with E-state index in [9.17, 15) is 9.59 Å². The molecule has 1 rings (SSSR count). The Hall–Kier alpha value is -2.04. The van der Waals surface area contributed by atoms with Crippen molar-refractivity contribution >= 4 is 23.2 Å². The van der Waals surface area contributed by atoms with Crippen molar-refractivity contribution in [1.29, 1.82) is 0 Å². The molecular formula is C18H29N3O2. The van der Waals surface area contributed by atoms with Gasteiger partial charge in [0, 0.05) is 31.0 Å². The molecule has 0 spiro atoms. The summed E-state index contributed by atoms with van der Waals surface area (Å²) < 4.78 is 0. The highest BCUT2D eigenvalue weighted by atomic mass is 16.2. The van der Waals surface area contributed by atoms with Gasteiger partial charge in [-0.05, 0) is 56.9 Å². The zero-order valence-corrected chi connectivity index (χ0v) is 14.9. The molecule has 0 unspecified atom stereocenters. The zero-order valence-electron chi connectivity index (χ0n) is 14.9. The number of carbonyl (C=O) groups is 2. The fraction of sp³-hybridized carbons (Fsp3) is 0.556. The molecule has 0 saturated carbocycles. The number of aryl methyl sites for hydroxylation is 1. The van der Waals surface area contributed by atoms with E-state index in [1.165, 1.54) is 0 Å². The predicted molar refractivity (Wildman–Crippen MR) is 95.8 cm³/mol. The molecule has 0 bridgehead atoms. The number of amides is 2. The first kappa shape index (κ1) is 19.0. The molecule has 0 aliphatic rings. The van der Waals surface area contributed by atoms with Crippen molar-refractivity contribution in [2.75, 3.05) is 29.9 Å². The summed E-state index contributed by atoms with van der Waals surface area (Å²) in [6.45, 7) is 12.7. The largest absolute Gasteiger partial charge is 0.372 e. The van der Waals surface area contributed by atoms with Gasteiger partial charge in [-0.25, -0.2) is 0 Å². The average molecular weight is 319 g/mol. The summed E-state index contributed by atoms with van der Waals surface area (Å²) in [5, 5.41) is 5.32. The Labute approximate surface area is 139 Å². The lowest BCUT2D eigenvalue weighted by molar-refractivity contribution is -0.136. The monoisotopic (exact) mass is 319 g/mol. The molecule has 0 fully saturated rings. The number of hydrogen-bond donors (Lipinski definition) is 2. The van der Waals surface area contributed by atoms with Crippen LogP contribution < -0.4 is 15.5 Å². The summed E-state index contributed by atoms with van der Waals surface area (Å²) in [5.74, 6) is -0.710. The molecule has 128 valence electrons. The van der Waals surface area contributed by atoms with E-state index in [-0.39, 0.29) is 0 Å². The molecule has 0 aromatic heterocycles. The molecule has 1 aromatic carbocycles. The SMILES string of the molecule is CCN(CC)c1ccc(NC(=O)C(=O)NCCC(C)C)c(C)c1. The minimum Gasteiger partial charge on any atom is -0.372 e. The van der Waals surface area contributed by atoms with Crippen LogP contribution in [-0.4, -0.2) is 31.4 Å². The molecule has 0 atom stereocenters. The first-order chi connectivity index (χ1) is 10.9. The van der Waals surface area contributed by atoms with E-state index in [0.29, 0.717) is 18.2 Å². The quantitative estimate of drug-likeness (QED) is 0.760. The van der Waals surface area contributed by atoms with Crippen LogP contribution in [0.1, 0.15) is 39.7 Å². The molecule has 0 aliphatic heterocycles. The Morgan fingerprint density at radius 1 is 1.13 bits per heavy atom. The van der Waals surface area contributed by atoms with Gasteiger partial charge < -0.3 is 15.5 Å². The molecule has 1 aromatic rings. The number of benzene rings is 1. The van der Waals surface area contributed by atoms with Crippen LogP contribution in [0.4, 0.5) is 11.4 Å². The maximum absolute atomic E-state index is 11.9. The van der Waals surface area contributed by atoms with E-state index < -0.39 is 11.8 Å². The minimum atomic E-state index is -0.618. The lowest BCUT2D eigenvalue weighted by Gasteiger charge is -2.22. The van der Waals surface area contributed by atoms with Gasteiger partial charge in [0.15, 0.2) is 0 Å². The minimum absolute atomic E-state index is 0.494. The maximum atomic E-state index is 11.9. The molecule has 0 heterocycles. The second-order valence-electron chi connectivity index (χ2n) is 6.06. The van der Waals surface area contributed by atoms with Crippen molar-refractivity contribution in [3.63, 3.8) is 0 Å². The molecule has 5 heteroatoms. The number of anilines is 2. The summed E-state index contributed by atoms with van der Waals surface area (Å²) in [4.78, 5) is 25.9. The van der Waals surface area contributed by atoms with Crippen LogP contribution in [0, 0.1) is 12.8 Å². The summed E-state index contributed by atoms with van der Waals surface area (Å²) in [5.41, 5.74) is 2.73. The Bertz CT molecular complexity index is 537. The summed E-state index contributed by atoms with van der Waals surface area (Å²) in [6.07, 6.45) is 0.858. The van der Waals surface area contributed by atoms with Gasteiger partial charge in [0.1, 0.15) is 0 Å². The summed E-state index contributed by atoms with van der Waals surface area (Å²) in [7, 11) is 0. The van der Waals surface area contributed by atoms with Gasteiger partial charge in [-0.3, -0.25) is 9.59 Å². The number of carbonyl (C=O) groups excluding carboxylic acids is 2.